The molecule has 0 aromatic heterocycles. The quantitative estimate of drug-likeness (QED) is 0.901. The largest absolute Gasteiger partial charge is 0.367 e. The summed E-state index contributed by atoms with van der Waals surface area (Å²) in [5.74, 6) is -1.56. The zero-order chi connectivity index (χ0) is 19.0. The predicted molar refractivity (Wildman–Crippen MR) is 97.9 cm³/mol. The summed E-state index contributed by atoms with van der Waals surface area (Å²) < 4.78 is 27.1. The first-order valence-corrected chi connectivity index (χ1v) is 9.15. The minimum atomic E-state index is -0.606. The van der Waals surface area contributed by atoms with E-state index in [0.29, 0.717) is 43.6 Å². The molecule has 0 bridgehead atoms. The van der Waals surface area contributed by atoms with E-state index in [4.69, 9.17) is 0 Å². The molecule has 2 atom stereocenters. The van der Waals surface area contributed by atoms with Crippen LogP contribution in [-0.4, -0.2) is 30.8 Å². The van der Waals surface area contributed by atoms with Crippen molar-refractivity contribution in [3.63, 3.8) is 0 Å². The number of Topliss-reactive ketones (excluding diaryl/α,β-unsaturated/α-hetero) is 1. The molecule has 6 heteroatoms. The van der Waals surface area contributed by atoms with Crippen LogP contribution in [0.15, 0.2) is 42.5 Å². The Kier molecular flexibility index (Phi) is 4.64. The molecule has 4 nitrogen and oxygen atoms in total. The summed E-state index contributed by atoms with van der Waals surface area (Å²) in [5, 5.41) is 3.05. The molecular weight excluding hydrogens is 350 g/mol. The lowest BCUT2D eigenvalue weighted by Crippen LogP contribution is -2.41. The minimum Gasteiger partial charge on any atom is -0.367 e. The lowest BCUT2D eigenvalue weighted by atomic mass is 9.81. The van der Waals surface area contributed by atoms with E-state index < -0.39 is 11.6 Å². The molecule has 4 rings (SSSR count). The molecule has 27 heavy (non-hydrogen) atoms. The summed E-state index contributed by atoms with van der Waals surface area (Å²) in [4.78, 5) is 26.7. The number of amides is 1. The number of ketones is 1. The highest BCUT2D eigenvalue weighted by atomic mass is 19.1. The zero-order valence-corrected chi connectivity index (χ0v) is 14.8. The molecule has 2 unspecified atom stereocenters. The average Bonchev–Trinajstić information content (AvgIpc) is 3.10. The first-order chi connectivity index (χ1) is 13.0. The van der Waals surface area contributed by atoms with E-state index in [-0.39, 0.29) is 23.7 Å². The smallest absolute Gasteiger partial charge is 0.227 e. The summed E-state index contributed by atoms with van der Waals surface area (Å²) in [6.07, 6.45) is 1.56. The molecule has 1 saturated heterocycles. The Morgan fingerprint density at radius 2 is 1.93 bits per heavy atom. The molecule has 140 valence electrons. The third-order valence-corrected chi connectivity index (χ3v) is 5.40. The van der Waals surface area contributed by atoms with Gasteiger partial charge in [-0.3, -0.25) is 9.59 Å². The summed E-state index contributed by atoms with van der Waals surface area (Å²) in [6.45, 7) is 1.06. The molecule has 2 aromatic carbocycles. The van der Waals surface area contributed by atoms with Crippen LogP contribution in [0.4, 0.5) is 14.5 Å². The molecule has 1 fully saturated rings. The highest BCUT2D eigenvalue weighted by Crippen LogP contribution is 2.32. The van der Waals surface area contributed by atoms with E-state index in [1.165, 1.54) is 12.1 Å². The SMILES string of the molecule is O=C1CCC(C(=O)NC2CCN(c3ccc(F)cc3F)C2)c2ccccc21. The number of carbonyl (C=O) groups is 2. The van der Waals surface area contributed by atoms with Crippen molar-refractivity contribution in [2.45, 2.75) is 31.2 Å². The topological polar surface area (TPSA) is 49.4 Å². The van der Waals surface area contributed by atoms with E-state index >= 15 is 0 Å². The van der Waals surface area contributed by atoms with Gasteiger partial charge in [-0.15, -0.1) is 0 Å². The fourth-order valence-electron chi connectivity index (χ4n) is 4.03. The number of nitrogens with zero attached hydrogens (tertiary/aromatic N) is 1. The van der Waals surface area contributed by atoms with Gasteiger partial charge in [0.05, 0.1) is 11.6 Å². The Morgan fingerprint density at radius 1 is 1.11 bits per heavy atom. The number of benzene rings is 2. The number of fused-ring (bicyclic) bond motifs is 1. The van der Waals surface area contributed by atoms with Gasteiger partial charge in [-0.25, -0.2) is 8.78 Å². The lowest BCUT2D eigenvalue weighted by Gasteiger charge is -2.25. The van der Waals surface area contributed by atoms with Crippen LogP contribution in [0, 0.1) is 11.6 Å². The maximum Gasteiger partial charge on any atom is 0.227 e. The van der Waals surface area contributed by atoms with Gasteiger partial charge in [-0.1, -0.05) is 24.3 Å². The number of hydrogen-bond acceptors (Lipinski definition) is 3. The molecule has 1 aliphatic heterocycles. The summed E-state index contributed by atoms with van der Waals surface area (Å²) in [7, 11) is 0. The maximum absolute atomic E-state index is 14.0. The highest BCUT2D eigenvalue weighted by molar-refractivity contribution is 6.01. The van der Waals surface area contributed by atoms with Crippen molar-refractivity contribution in [2.75, 3.05) is 18.0 Å². The molecule has 1 amide bonds. The fraction of sp³-hybridized carbons (Fsp3) is 0.333. The lowest BCUT2D eigenvalue weighted by molar-refractivity contribution is -0.123. The van der Waals surface area contributed by atoms with E-state index in [2.05, 4.69) is 5.32 Å². The number of halogens is 2. The van der Waals surface area contributed by atoms with Crippen LogP contribution < -0.4 is 10.2 Å². The van der Waals surface area contributed by atoms with Crippen molar-refractivity contribution in [1.29, 1.82) is 0 Å². The van der Waals surface area contributed by atoms with Crippen LogP contribution in [-0.2, 0) is 4.79 Å². The second-order valence-electron chi connectivity index (χ2n) is 7.14. The normalized spacial score (nSPS) is 21.9. The molecule has 0 saturated carbocycles. The van der Waals surface area contributed by atoms with Crippen LogP contribution in [0.3, 0.4) is 0 Å². The average molecular weight is 370 g/mol. The van der Waals surface area contributed by atoms with Gasteiger partial charge in [0, 0.05) is 37.2 Å². The molecule has 1 heterocycles. The molecular formula is C21H20F2N2O2. The van der Waals surface area contributed by atoms with E-state index in [1.807, 2.05) is 23.1 Å². The van der Waals surface area contributed by atoms with Crippen molar-refractivity contribution < 1.29 is 18.4 Å². The summed E-state index contributed by atoms with van der Waals surface area (Å²) in [5.41, 5.74) is 1.76. The first kappa shape index (κ1) is 17.6. The van der Waals surface area contributed by atoms with E-state index in [9.17, 15) is 18.4 Å². The van der Waals surface area contributed by atoms with Crippen molar-refractivity contribution in [2.24, 2.45) is 0 Å². The second-order valence-corrected chi connectivity index (χ2v) is 7.14. The van der Waals surface area contributed by atoms with Crippen LogP contribution in [0.5, 0.6) is 0 Å². The number of anilines is 1. The third kappa shape index (κ3) is 3.44. The van der Waals surface area contributed by atoms with Gasteiger partial charge < -0.3 is 10.2 Å². The standard InChI is InChI=1S/C21H20F2N2O2/c22-13-5-7-19(18(23)11-13)25-10-9-14(12-25)24-21(27)17-6-8-20(26)16-4-2-1-3-15(16)17/h1-5,7,11,14,17H,6,8-10,12H2,(H,24,27). The van der Waals surface area contributed by atoms with Crippen molar-refractivity contribution in [3.8, 4) is 0 Å². The van der Waals surface area contributed by atoms with Gasteiger partial charge in [-0.05, 0) is 30.5 Å². The second kappa shape index (κ2) is 7.10. The fourth-order valence-corrected chi connectivity index (χ4v) is 4.03. The van der Waals surface area contributed by atoms with Gasteiger partial charge in [0.25, 0.3) is 0 Å². The Morgan fingerprint density at radius 3 is 2.74 bits per heavy atom. The van der Waals surface area contributed by atoms with Crippen LogP contribution in [0.1, 0.15) is 41.1 Å². The van der Waals surface area contributed by atoms with Gasteiger partial charge >= 0.3 is 0 Å². The number of nitrogens with one attached hydrogen (secondary N) is 1. The Balaban J connectivity index is 1.44. The molecule has 2 aliphatic rings. The molecule has 1 aliphatic carbocycles. The Labute approximate surface area is 156 Å². The predicted octanol–water partition coefficient (Wildman–Crippen LogP) is 3.42. The monoisotopic (exact) mass is 370 g/mol. The van der Waals surface area contributed by atoms with Crippen molar-refractivity contribution >= 4 is 17.4 Å². The number of hydrogen-bond donors (Lipinski definition) is 1. The van der Waals surface area contributed by atoms with Crippen LogP contribution in [0.25, 0.3) is 0 Å². The minimum absolute atomic E-state index is 0.0773. The van der Waals surface area contributed by atoms with Crippen molar-refractivity contribution in [3.05, 3.63) is 65.2 Å². The Hall–Kier alpha value is -2.76. The zero-order valence-electron chi connectivity index (χ0n) is 14.8. The molecule has 1 N–H and O–H groups in total. The summed E-state index contributed by atoms with van der Waals surface area (Å²) >= 11 is 0. The molecule has 2 aromatic rings. The van der Waals surface area contributed by atoms with Crippen molar-refractivity contribution in [1.82, 2.24) is 5.32 Å². The van der Waals surface area contributed by atoms with Gasteiger partial charge in [-0.2, -0.15) is 0 Å². The number of carbonyl (C=O) groups excluding carboxylic acids is 2. The van der Waals surface area contributed by atoms with Crippen LogP contribution in [0.2, 0.25) is 0 Å². The Bertz CT molecular complexity index is 900. The van der Waals surface area contributed by atoms with Gasteiger partial charge in [0.1, 0.15) is 11.6 Å². The third-order valence-electron chi connectivity index (χ3n) is 5.40. The number of rotatable bonds is 3. The van der Waals surface area contributed by atoms with E-state index in [1.54, 1.807) is 6.07 Å². The first-order valence-electron chi connectivity index (χ1n) is 9.15. The van der Waals surface area contributed by atoms with Crippen LogP contribution >= 0.6 is 0 Å². The maximum atomic E-state index is 14.0. The highest BCUT2D eigenvalue weighted by Gasteiger charge is 2.33. The van der Waals surface area contributed by atoms with Gasteiger partial charge in [0.15, 0.2) is 5.78 Å². The summed E-state index contributed by atoms with van der Waals surface area (Å²) in [6, 6.07) is 10.7. The van der Waals surface area contributed by atoms with E-state index in [0.717, 1.165) is 11.6 Å². The molecule has 0 spiro atoms. The van der Waals surface area contributed by atoms with Gasteiger partial charge in [0.2, 0.25) is 5.91 Å². The molecule has 0 radical (unpaired) electrons.